The lowest BCUT2D eigenvalue weighted by Gasteiger charge is -2.05. The second-order valence-corrected chi connectivity index (χ2v) is 7.34. The van der Waals surface area contributed by atoms with Crippen LogP contribution in [0.4, 0.5) is 5.69 Å². The number of para-hydroxylation sites is 1. The van der Waals surface area contributed by atoms with Crippen LogP contribution >= 0.6 is 23.2 Å². The van der Waals surface area contributed by atoms with E-state index in [-0.39, 0.29) is 17.5 Å². The number of imidazole rings is 1. The van der Waals surface area contributed by atoms with E-state index in [1.807, 2.05) is 0 Å². The van der Waals surface area contributed by atoms with Gasteiger partial charge in [-0.2, -0.15) is 0 Å². The first kappa shape index (κ1) is 19.9. The number of aromatic nitrogens is 2. The number of benzene rings is 3. The molecule has 0 radical (unpaired) electrons. The van der Waals surface area contributed by atoms with Crippen molar-refractivity contribution in [2.24, 2.45) is 0 Å². The highest BCUT2D eigenvalue weighted by atomic mass is 35.5. The molecule has 7 heteroatoms. The summed E-state index contributed by atoms with van der Waals surface area (Å²) in [6.07, 6.45) is 3.09. The fourth-order valence-electron chi connectivity index (χ4n) is 2.85. The molecule has 0 aliphatic carbocycles. The molecule has 0 saturated heterocycles. The average Bonchev–Trinajstić information content (AvgIpc) is 3.20. The Balaban J connectivity index is 1.43. The predicted molar refractivity (Wildman–Crippen MR) is 120 cm³/mol. The Labute approximate surface area is 182 Å². The fourth-order valence-corrected chi connectivity index (χ4v) is 3.19. The topological polar surface area (TPSA) is 74.8 Å². The van der Waals surface area contributed by atoms with Gasteiger partial charge in [-0.05, 0) is 60.2 Å². The molecule has 148 valence electrons. The van der Waals surface area contributed by atoms with Crippen LogP contribution in [0, 0.1) is 0 Å². The van der Waals surface area contributed by atoms with E-state index < -0.39 is 0 Å². The van der Waals surface area contributed by atoms with E-state index in [4.69, 9.17) is 23.2 Å². The lowest BCUT2D eigenvalue weighted by atomic mass is 10.1. The van der Waals surface area contributed by atoms with Crippen molar-refractivity contribution in [1.82, 2.24) is 9.97 Å². The Morgan fingerprint density at radius 2 is 1.67 bits per heavy atom. The van der Waals surface area contributed by atoms with Crippen molar-refractivity contribution in [1.29, 1.82) is 0 Å². The molecule has 0 saturated carbocycles. The van der Waals surface area contributed by atoms with Gasteiger partial charge in [0.2, 0.25) is 5.78 Å². The van der Waals surface area contributed by atoms with Gasteiger partial charge in [0.1, 0.15) is 0 Å². The summed E-state index contributed by atoms with van der Waals surface area (Å²) in [6.45, 7) is 0. The summed E-state index contributed by atoms with van der Waals surface area (Å²) in [5.74, 6) is -0.289. The van der Waals surface area contributed by atoms with E-state index in [2.05, 4.69) is 15.3 Å². The molecule has 0 aliphatic heterocycles. The molecule has 5 nitrogen and oxygen atoms in total. The minimum atomic E-state index is -0.271. The number of carbonyl (C=O) groups excluding carboxylic acids is 2. The van der Waals surface area contributed by atoms with Gasteiger partial charge in [-0.15, -0.1) is 0 Å². The minimum absolute atomic E-state index is 0.216. The molecule has 1 heterocycles. The SMILES string of the molecule is O=C(Nc1ccc(Cl)cc1)c1ccc(C=CC(=O)c2nc3cccc(Cl)c3[nH]2)cc1. The van der Waals surface area contributed by atoms with E-state index >= 15 is 0 Å². The fraction of sp³-hybridized carbons (Fsp3) is 0. The Morgan fingerprint density at radius 1 is 0.933 bits per heavy atom. The summed E-state index contributed by atoms with van der Waals surface area (Å²) in [5, 5.41) is 3.91. The summed E-state index contributed by atoms with van der Waals surface area (Å²) in [4.78, 5) is 32.0. The second-order valence-electron chi connectivity index (χ2n) is 6.50. The molecule has 4 rings (SSSR count). The molecular weight excluding hydrogens is 421 g/mol. The number of H-pyrrole nitrogens is 1. The number of aromatic amines is 1. The predicted octanol–water partition coefficient (Wildman–Crippen LogP) is 6.02. The molecule has 0 aliphatic rings. The summed E-state index contributed by atoms with van der Waals surface area (Å²) < 4.78 is 0. The molecule has 4 aromatic rings. The molecule has 0 spiro atoms. The van der Waals surface area contributed by atoms with Crippen molar-refractivity contribution in [2.45, 2.75) is 0 Å². The first-order valence-electron chi connectivity index (χ1n) is 9.03. The molecule has 3 aromatic carbocycles. The quantitative estimate of drug-likeness (QED) is 0.297. The second kappa shape index (κ2) is 8.53. The van der Waals surface area contributed by atoms with Crippen molar-refractivity contribution < 1.29 is 9.59 Å². The molecule has 2 N–H and O–H groups in total. The van der Waals surface area contributed by atoms with E-state index in [1.54, 1.807) is 72.8 Å². The van der Waals surface area contributed by atoms with Crippen molar-refractivity contribution in [3.05, 3.63) is 99.8 Å². The number of nitrogens with one attached hydrogen (secondary N) is 2. The van der Waals surface area contributed by atoms with Crippen LogP contribution in [-0.4, -0.2) is 21.7 Å². The van der Waals surface area contributed by atoms with Crippen LogP contribution in [0.1, 0.15) is 26.5 Å². The summed E-state index contributed by atoms with van der Waals surface area (Å²) in [5.41, 5.74) is 3.20. The summed E-state index contributed by atoms with van der Waals surface area (Å²) in [6, 6.07) is 19.1. The molecule has 0 fully saturated rings. The summed E-state index contributed by atoms with van der Waals surface area (Å²) >= 11 is 12.0. The third kappa shape index (κ3) is 4.43. The lowest BCUT2D eigenvalue weighted by molar-refractivity contribution is 0.102. The highest BCUT2D eigenvalue weighted by molar-refractivity contribution is 6.35. The van der Waals surface area contributed by atoms with Crippen LogP contribution in [0.2, 0.25) is 10.0 Å². The normalized spacial score (nSPS) is 11.1. The van der Waals surface area contributed by atoms with Crippen LogP contribution in [-0.2, 0) is 0 Å². The molecule has 0 atom stereocenters. The number of nitrogens with zero attached hydrogens (tertiary/aromatic N) is 1. The zero-order valence-corrected chi connectivity index (χ0v) is 17.0. The number of halogens is 2. The van der Waals surface area contributed by atoms with Crippen molar-refractivity contribution >= 4 is 57.7 Å². The number of hydrogen-bond donors (Lipinski definition) is 2. The van der Waals surface area contributed by atoms with Crippen LogP contribution in [0.25, 0.3) is 17.1 Å². The number of allylic oxidation sites excluding steroid dienone is 1. The van der Waals surface area contributed by atoms with Gasteiger partial charge in [-0.3, -0.25) is 9.59 Å². The number of carbonyl (C=O) groups is 2. The van der Waals surface area contributed by atoms with Gasteiger partial charge in [-0.25, -0.2) is 4.98 Å². The highest BCUT2D eigenvalue weighted by Crippen LogP contribution is 2.21. The van der Waals surface area contributed by atoms with E-state index in [1.165, 1.54) is 6.08 Å². The molecular formula is C23H15Cl2N3O2. The largest absolute Gasteiger partial charge is 0.334 e. The van der Waals surface area contributed by atoms with Crippen molar-refractivity contribution in [3.8, 4) is 0 Å². The number of ketones is 1. The van der Waals surface area contributed by atoms with Gasteiger partial charge in [0.25, 0.3) is 5.91 Å². The lowest BCUT2D eigenvalue weighted by Crippen LogP contribution is -2.11. The van der Waals surface area contributed by atoms with Crippen molar-refractivity contribution in [2.75, 3.05) is 5.32 Å². The van der Waals surface area contributed by atoms with Gasteiger partial charge in [0.05, 0.1) is 16.1 Å². The first-order chi connectivity index (χ1) is 14.5. The number of amides is 1. The van der Waals surface area contributed by atoms with Gasteiger partial charge in [0.15, 0.2) is 5.82 Å². The number of fused-ring (bicyclic) bond motifs is 1. The Hall–Kier alpha value is -3.41. The maximum absolute atomic E-state index is 12.4. The Bertz CT molecular complexity index is 1260. The van der Waals surface area contributed by atoms with E-state index in [0.717, 1.165) is 5.56 Å². The zero-order chi connectivity index (χ0) is 21.1. The van der Waals surface area contributed by atoms with Crippen LogP contribution in [0.5, 0.6) is 0 Å². The monoisotopic (exact) mass is 435 g/mol. The maximum atomic E-state index is 12.4. The third-order valence-electron chi connectivity index (χ3n) is 4.40. The zero-order valence-electron chi connectivity index (χ0n) is 15.5. The smallest absolute Gasteiger partial charge is 0.255 e. The molecule has 0 bridgehead atoms. The Kier molecular flexibility index (Phi) is 5.65. The maximum Gasteiger partial charge on any atom is 0.255 e. The summed E-state index contributed by atoms with van der Waals surface area (Å²) in [7, 11) is 0. The number of anilines is 1. The molecule has 1 amide bonds. The van der Waals surface area contributed by atoms with Gasteiger partial charge in [0, 0.05) is 16.3 Å². The van der Waals surface area contributed by atoms with Crippen LogP contribution in [0.15, 0.2) is 72.8 Å². The molecule has 0 unspecified atom stereocenters. The van der Waals surface area contributed by atoms with Crippen LogP contribution < -0.4 is 5.32 Å². The van der Waals surface area contributed by atoms with Gasteiger partial charge >= 0.3 is 0 Å². The van der Waals surface area contributed by atoms with Gasteiger partial charge in [-0.1, -0.05) is 47.5 Å². The van der Waals surface area contributed by atoms with E-state index in [0.29, 0.717) is 32.3 Å². The number of hydrogen-bond acceptors (Lipinski definition) is 3. The standard InChI is InChI=1S/C23H15Cl2N3O2/c24-16-9-11-17(12-10-16)26-23(30)15-7-4-14(5-8-15)6-13-20(29)22-27-19-3-1-2-18(25)21(19)28-22/h1-13H,(H,26,30)(H,27,28). The van der Waals surface area contributed by atoms with Crippen LogP contribution in [0.3, 0.4) is 0 Å². The Morgan fingerprint density at radius 3 is 2.37 bits per heavy atom. The number of rotatable bonds is 5. The average molecular weight is 436 g/mol. The third-order valence-corrected chi connectivity index (χ3v) is 4.97. The molecule has 30 heavy (non-hydrogen) atoms. The van der Waals surface area contributed by atoms with Crippen molar-refractivity contribution in [3.63, 3.8) is 0 Å². The highest BCUT2D eigenvalue weighted by Gasteiger charge is 2.11. The van der Waals surface area contributed by atoms with Gasteiger partial charge < -0.3 is 10.3 Å². The first-order valence-corrected chi connectivity index (χ1v) is 9.79. The van der Waals surface area contributed by atoms with E-state index in [9.17, 15) is 9.59 Å². The minimum Gasteiger partial charge on any atom is -0.334 e. The molecule has 1 aromatic heterocycles.